The summed E-state index contributed by atoms with van der Waals surface area (Å²) >= 11 is 1.25. The van der Waals surface area contributed by atoms with Gasteiger partial charge in [-0.2, -0.15) is 11.8 Å². The van der Waals surface area contributed by atoms with Crippen molar-refractivity contribution in [1.29, 1.82) is 0 Å². The molecule has 1 aliphatic rings. The highest BCUT2D eigenvalue weighted by molar-refractivity contribution is 7.99. The molecule has 8 atom stereocenters. The lowest BCUT2D eigenvalue weighted by Crippen LogP contribution is -2.61. The highest BCUT2D eigenvalue weighted by Gasteiger charge is 2.49. The van der Waals surface area contributed by atoms with Gasteiger partial charge in [-0.25, -0.2) is 4.68 Å². The first-order valence-electron chi connectivity index (χ1n) is 23.3. The molecule has 0 aromatic carbocycles. The van der Waals surface area contributed by atoms with Crippen molar-refractivity contribution < 1.29 is 54.2 Å². The molecule has 7 N–H and O–H groups in total. The Hall–Kier alpha value is -2.83. The van der Waals surface area contributed by atoms with Crippen LogP contribution in [0.2, 0.25) is 0 Å². The number of anilines is 1. The van der Waals surface area contributed by atoms with Crippen molar-refractivity contribution in [1.82, 2.24) is 20.3 Å². The third-order valence-electron chi connectivity index (χ3n) is 11.1. The van der Waals surface area contributed by atoms with Gasteiger partial charge in [0.15, 0.2) is 5.82 Å². The summed E-state index contributed by atoms with van der Waals surface area (Å²) in [7, 11) is 0. The number of ether oxygens (including phenoxy) is 2. The van der Waals surface area contributed by atoms with Crippen molar-refractivity contribution in [3.05, 3.63) is 6.20 Å². The smallest absolute Gasteiger partial charge is 0.306 e. The Labute approximate surface area is 368 Å². The molecular formula is C44H79N5O11S. The average Bonchev–Trinajstić information content (AvgIpc) is 3.70. The van der Waals surface area contributed by atoms with Gasteiger partial charge in [0.1, 0.15) is 55.3 Å². The number of amides is 2. The Morgan fingerprint density at radius 3 is 1.62 bits per heavy atom. The van der Waals surface area contributed by atoms with Crippen molar-refractivity contribution >= 4 is 41.3 Å². The number of hydrogen-bond acceptors (Lipinski definition) is 14. The minimum absolute atomic E-state index is 0.0663. The Morgan fingerprint density at radius 1 is 0.639 bits per heavy atom. The van der Waals surface area contributed by atoms with Gasteiger partial charge in [0.2, 0.25) is 11.8 Å². The molecule has 1 aliphatic carbocycles. The van der Waals surface area contributed by atoms with Crippen LogP contribution in [0.3, 0.4) is 0 Å². The maximum Gasteiger partial charge on any atom is 0.306 e. The van der Waals surface area contributed by atoms with E-state index in [-0.39, 0.29) is 61.0 Å². The molecule has 0 radical (unpaired) electrons. The lowest BCUT2D eigenvalue weighted by atomic mass is 9.83. The number of carbonyl (C=O) groups is 4. The molecule has 1 aromatic rings. The first-order chi connectivity index (χ1) is 29.4. The highest BCUT2D eigenvalue weighted by atomic mass is 32.2. The van der Waals surface area contributed by atoms with Crippen molar-refractivity contribution in [3.63, 3.8) is 0 Å². The molecule has 1 saturated carbocycles. The van der Waals surface area contributed by atoms with Crippen molar-refractivity contribution in [2.45, 2.75) is 224 Å². The third-order valence-corrected chi connectivity index (χ3v) is 12.3. The van der Waals surface area contributed by atoms with Crippen LogP contribution in [0.15, 0.2) is 6.20 Å². The van der Waals surface area contributed by atoms with Gasteiger partial charge in [0.25, 0.3) is 0 Å². The maximum absolute atomic E-state index is 13.7. The van der Waals surface area contributed by atoms with Crippen LogP contribution < -0.4 is 10.6 Å². The number of esters is 2. The summed E-state index contributed by atoms with van der Waals surface area (Å²) in [4.78, 5) is 52.4. The number of thioether (sulfide) groups is 1. The van der Waals surface area contributed by atoms with Crippen LogP contribution in [0, 0.1) is 0 Å². The summed E-state index contributed by atoms with van der Waals surface area (Å²) < 4.78 is 12.4. The first-order valence-corrected chi connectivity index (χ1v) is 24.4. The zero-order valence-corrected chi connectivity index (χ0v) is 38.0. The number of aliphatic hydroxyl groups is 5. The van der Waals surface area contributed by atoms with Crippen molar-refractivity contribution in [2.75, 3.05) is 23.4 Å². The van der Waals surface area contributed by atoms with Crippen LogP contribution in [-0.4, -0.2) is 125 Å². The molecule has 2 amide bonds. The fourth-order valence-electron chi connectivity index (χ4n) is 7.30. The van der Waals surface area contributed by atoms with E-state index in [1.165, 1.54) is 62.9 Å². The van der Waals surface area contributed by atoms with E-state index in [4.69, 9.17) is 9.47 Å². The number of carbonyl (C=O) groups excluding carboxylic acids is 4. The van der Waals surface area contributed by atoms with E-state index >= 15 is 0 Å². The van der Waals surface area contributed by atoms with E-state index in [9.17, 15) is 44.7 Å². The van der Waals surface area contributed by atoms with E-state index < -0.39 is 54.6 Å². The zero-order valence-electron chi connectivity index (χ0n) is 37.2. The van der Waals surface area contributed by atoms with Gasteiger partial charge >= 0.3 is 11.9 Å². The van der Waals surface area contributed by atoms with Crippen LogP contribution in [-0.2, 0) is 28.7 Å². The van der Waals surface area contributed by atoms with Crippen LogP contribution >= 0.6 is 11.8 Å². The molecule has 352 valence electrons. The van der Waals surface area contributed by atoms with Crippen LogP contribution in [0.1, 0.15) is 181 Å². The SMILES string of the molecule is CCCCCCCCCC(=O)N[C@H](CSC[C@@H](COC(=O)CCCCCCCCC)OC(=O)CCCCCCCCC)C(=O)Nc1cn(C2[C@H](O)[C@H](O)C(O)[C@H](O)[C@H]2O)nn1. The predicted octanol–water partition coefficient (Wildman–Crippen LogP) is 5.67. The zero-order chi connectivity index (χ0) is 44.8. The molecule has 0 bridgehead atoms. The number of aliphatic hydroxyl groups excluding tert-OH is 5. The number of nitrogens with one attached hydrogen (secondary N) is 2. The molecule has 0 saturated heterocycles. The van der Waals surface area contributed by atoms with E-state index in [1.807, 2.05) is 0 Å². The van der Waals surface area contributed by atoms with Crippen LogP contribution in [0.4, 0.5) is 5.82 Å². The second-order valence-corrected chi connectivity index (χ2v) is 17.7. The lowest BCUT2D eigenvalue weighted by molar-refractivity contribution is -0.200. The first kappa shape index (κ1) is 54.3. The average molecular weight is 886 g/mol. The molecule has 2 rings (SSSR count). The summed E-state index contributed by atoms with van der Waals surface area (Å²) in [6.45, 7) is 6.37. The van der Waals surface area contributed by atoms with Gasteiger partial charge < -0.3 is 45.6 Å². The van der Waals surface area contributed by atoms with Gasteiger partial charge in [-0.15, -0.1) is 5.10 Å². The van der Waals surface area contributed by atoms with Gasteiger partial charge in [-0.05, 0) is 19.3 Å². The fourth-order valence-corrected chi connectivity index (χ4v) is 8.33. The second kappa shape index (κ2) is 32.8. The second-order valence-electron chi connectivity index (χ2n) is 16.6. The summed E-state index contributed by atoms with van der Waals surface area (Å²) in [6.07, 6.45) is 14.3. The number of aromatic nitrogens is 3. The van der Waals surface area contributed by atoms with Gasteiger partial charge in [0.05, 0.1) is 6.20 Å². The largest absolute Gasteiger partial charge is 0.462 e. The molecule has 0 spiro atoms. The lowest BCUT2D eigenvalue weighted by Gasteiger charge is -2.41. The Morgan fingerprint density at radius 2 is 1.10 bits per heavy atom. The minimum atomic E-state index is -1.79. The number of hydrogen-bond donors (Lipinski definition) is 7. The Kier molecular flexibility index (Phi) is 29.2. The molecule has 2 unspecified atom stereocenters. The van der Waals surface area contributed by atoms with Crippen LogP contribution in [0.25, 0.3) is 0 Å². The molecule has 1 fully saturated rings. The number of unbranched alkanes of at least 4 members (excludes halogenated alkanes) is 18. The van der Waals surface area contributed by atoms with Crippen molar-refractivity contribution in [2.24, 2.45) is 0 Å². The highest BCUT2D eigenvalue weighted by Crippen LogP contribution is 2.30. The number of nitrogens with zero attached hydrogens (tertiary/aromatic N) is 3. The quantitative estimate of drug-likeness (QED) is 0.0321. The van der Waals surface area contributed by atoms with Crippen molar-refractivity contribution in [3.8, 4) is 0 Å². The predicted molar refractivity (Wildman–Crippen MR) is 236 cm³/mol. The maximum atomic E-state index is 13.7. The van der Waals surface area contributed by atoms with E-state index in [2.05, 4.69) is 41.7 Å². The van der Waals surface area contributed by atoms with Crippen LogP contribution in [0.5, 0.6) is 0 Å². The summed E-state index contributed by atoms with van der Waals surface area (Å²) in [5.74, 6) is -1.54. The molecular weight excluding hydrogens is 807 g/mol. The third kappa shape index (κ3) is 22.4. The molecule has 61 heavy (non-hydrogen) atoms. The van der Waals surface area contributed by atoms with E-state index in [1.54, 1.807) is 0 Å². The Bertz CT molecular complexity index is 1340. The van der Waals surface area contributed by atoms with Gasteiger partial charge in [-0.3, -0.25) is 19.2 Å². The van der Waals surface area contributed by atoms with E-state index in [0.29, 0.717) is 12.8 Å². The topological polar surface area (TPSA) is 243 Å². The summed E-state index contributed by atoms with van der Waals surface area (Å²) in [5, 5.41) is 64.6. The molecule has 1 aromatic heterocycles. The molecule has 0 aliphatic heterocycles. The molecule has 17 heteroatoms. The normalized spacial score (nSPS) is 21.1. The Balaban J connectivity index is 2.09. The molecule has 1 heterocycles. The minimum Gasteiger partial charge on any atom is -0.462 e. The summed E-state index contributed by atoms with van der Waals surface area (Å²) in [6, 6.07) is -2.46. The number of rotatable bonds is 35. The standard InChI is InChI=1S/C44H79N5O11S/c1-4-7-10-13-16-19-22-25-35(50)45-33(44(58)46-34-28-49(48-47-34)38-39(53)41(55)43(57)42(56)40(38)54)31-61-30-32(60-37(52)27-24-21-18-15-12-9-6-3)29-59-36(51)26-23-20-17-14-11-8-5-2/h28,32-33,38-43,53-57H,4-27,29-31H2,1-3H3,(H,45,50)(H,46,58)/t32-,33-,38?,39+,40+,41-,42+,43?/m1/s1. The molecule has 16 nitrogen and oxygen atoms in total. The summed E-state index contributed by atoms with van der Waals surface area (Å²) in [5.41, 5.74) is 0. The monoisotopic (exact) mass is 886 g/mol. The van der Waals surface area contributed by atoms with E-state index in [0.717, 1.165) is 81.7 Å². The fraction of sp³-hybridized carbons (Fsp3) is 0.864. The van der Waals surface area contributed by atoms with Gasteiger partial charge in [-0.1, -0.05) is 142 Å². The van der Waals surface area contributed by atoms with Gasteiger partial charge in [0, 0.05) is 30.8 Å².